The lowest BCUT2D eigenvalue weighted by Crippen LogP contribution is -2.50. The van der Waals surface area contributed by atoms with Crippen molar-refractivity contribution in [2.24, 2.45) is 0 Å². The minimum absolute atomic E-state index is 0.155. The van der Waals surface area contributed by atoms with Crippen molar-refractivity contribution in [2.45, 2.75) is 257 Å². The summed E-state index contributed by atoms with van der Waals surface area (Å²) in [5, 5.41) is 33.6. The van der Waals surface area contributed by atoms with Gasteiger partial charge in [-0.05, 0) is 38.5 Å². The topological polar surface area (TPSA) is 89.8 Å². The van der Waals surface area contributed by atoms with Gasteiger partial charge in [0.2, 0.25) is 5.91 Å². The van der Waals surface area contributed by atoms with Gasteiger partial charge in [-0.15, -0.1) is 0 Å². The number of amides is 1. The van der Waals surface area contributed by atoms with Gasteiger partial charge in [-0.25, -0.2) is 0 Å². The first-order valence-corrected chi connectivity index (χ1v) is 22.6. The zero-order chi connectivity index (χ0) is 37.3. The van der Waals surface area contributed by atoms with Gasteiger partial charge in [0.15, 0.2) is 0 Å². The van der Waals surface area contributed by atoms with Crippen molar-refractivity contribution in [2.75, 3.05) is 6.61 Å². The number of allylic oxidation sites excluding steroid dienone is 4. The summed E-state index contributed by atoms with van der Waals surface area (Å²) < 4.78 is 0. The van der Waals surface area contributed by atoms with Crippen molar-refractivity contribution >= 4 is 5.91 Å². The SMILES string of the molecule is CCCCC/C=C\C=C/CCCCCCCCC(=O)NC(CO)C(O)C(O)CCCCCCCCCCCCCCCCCCCCCCCC. The first-order valence-electron chi connectivity index (χ1n) is 22.6. The number of nitrogens with one attached hydrogen (secondary N) is 1. The molecule has 51 heavy (non-hydrogen) atoms. The molecule has 0 aromatic heterocycles. The molecule has 302 valence electrons. The maximum absolute atomic E-state index is 12.4. The second-order valence-electron chi connectivity index (χ2n) is 15.6. The van der Waals surface area contributed by atoms with E-state index in [1.165, 1.54) is 167 Å². The van der Waals surface area contributed by atoms with E-state index in [4.69, 9.17) is 0 Å². The molecular weight excluding hydrogens is 631 g/mol. The molecule has 0 saturated carbocycles. The molecule has 0 spiro atoms. The molecule has 5 heteroatoms. The molecule has 0 saturated heterocycles. The fourth-order valence-corrected chi connectivity index (χ4v) is 7.04. The molecule has 0 aliphatic heterocycles. The third-order valence-electron chi connectivity index (χ3n) is 10.6. The lowest BCUT2D eigenvalue weighted by molar-refractivity contribution is -0.124. The van der Waals surface area contributed by atoms with Gasteiger partial charge in [0.1, 0.15) is 6.10 Å². The van der Waals surface area contributed by atoms with Gasteiger partial charge < -0.3 is 20.6 Å². The fraction of sp³-hybridized carbons (Fsp3) is 0.891. The second kappa shape index (κ2) is 41.6. The van der Waals surface area contributed by atoms with Crippen LogP contribution in [-0.2, 0) is 4.79 Å². The Balaban J connectivity index is 3.60. The molecule has 1 amide bonds. The lowest BCUT2D eigenvalue weighted by atomic mass is 9.99. The van der Waals surface area contributed by atoms with Crippen LogP contribution in [0.5, 0.6) is 0 Å². The summed E-state index contributed by atoms with van der Waals surface area (Å²) in [4.78, 5) is 12.4. The van der Waals surface area contributed by atoms with Gasteiger partial charge in [0.25, 0.3) is 0 Å². The maximum Gasteiger partial charge on any atom is 0.220 e. The summed E-state index contributed by atoms with van der Waals surface area (Å²) in [5.41, 5.74) is 0. The van der Waals surface area contributed by atoms with Crippen LogP contribution in [0, 0.1) is 0 Å². The van der Waals surface area contributed by atoms with Crippen LogP contribution in [0.1, 0.15) is 239 Å². The van der Waals surface area contributed by atoms with Gasteiger partial charge in [-0.3, -0.25) is 4.79 Å². The van der Waals surface area contributed by atoms with E-state index in [1.807, 2.05) is 0 Å². The molecule has 0 bridgehead atoms. The number of hydrogen-bond acceptors (Lipinski definition) is 4. The van der Waals surface area contributed by atoms with E-state index in [9.17, 15) is 20.1 Å². The van der Waals surface area contributed by atoms with E-state index < -0.39 is 18.2 Å². The highest BCUT2D eigenvalue weighted by atomic mass is 16.3. The first-order chi connectivity index (χ1) is 25.1. The van der Waals surface area contributed by atoms with Gasteiger partial charge >= 0.3 is 0 Å². The summed E-state index contributed by atoms with van der Waals surface area (Å²) in [6.07, 6.45) is 50.0. The summed E-state index contributed by atoms with van der Waals surface area (Å²) in [6.45, 7) is 4.15. The minimum atomic E-state index is -1.14. The van der Waals surface area contributed by atoms with Crippen LogP contribution in [0.4, 0.5) is 0 Å². The normalized spacial score (nSPS) is 13.7. The fourth-order valence-electron chi connectivity index (χ4n) is 7.04. The van der Waals surface area contributed by atoms with E-state index in [-0.39, 0.29) is 12.5 Å². The third-order valence-corrected chi connectivity index (χ3v) is 10.6. The molecule has 0 aromatic rings. The summed E-state index contributed by atoms with van der Waals surface area (Å²) >= 11 is 0. The zero-order valence-corrected chi connectivity index (χ0v) is 34.2. The Morgan fingerprint density at radius 2 is 0.824 bits per heavy atom. The number of hydrogen-bond donors (Lipinski definition) is 4. The number of aliphatic hydroxyl groups excluding tert-OH is 3. The molecule has 0 rings (SSSR count). The van der Waals surface area contributed by atoms with Gasteiger partial charge in [0.05, 0.1) is 18.8 Å². The third kappa shape index (κ3) is 37.0. The highest BCUT2D eigenvalue weighted by Crippen LogP contribution is 2.17. The molecular formula is C46H89NO4. The average Bonchev–Trinajstić information content (AvgIpc) is 3.13. The molecule has 0 heterocycles. The van der Waals surface area contributed by atoms with Crippen molar-refractivity contribution in [1.82, 2.24) is 5.32 Å². The molecule has 3 atom stereocenters. The molecule has 0 aliphatic carbocycles. The number of aliphatic hydroxyl groups is 3. The van der Waals surface area contributed by atoms with E-state index in [0.717, 1.165) is 44.9 Å². The maximum atomic E-state index is 12.4. The lowest BCUT2D eigenvalue weighted by Gasteiger charge is -2.26. The van der Waals surface area contributed by atoms with Gasteiger partial charge in [-0.1, -0.05) is 218 Å². The van der Waals surface area contributed by atoms with E-state index >= 15 is 0 Å². The molecule has 4 N–H and O–H groups in total. The van der Waals surface area contributed by atoms with E-state index in [0.29, 0.717) is 12.8 Å². The van der Waals surface area contributed by atoms with Crippen molar-refractivity contribution in [1.29, 1.82) is 0 Å². The molecule has 0 aromatic carbocycles. The standard InChI is InChI=1S/C46H89NO4/c1-3-5-7-9-11-13-15-17-19-20-21-22-23-24-25-27-28-30-32-34-36-38-40-44(49)46(51)43(42-48)47-45(50)41-39-37-35-33-31-29-26-18-16-14-12-10-8-6-4-2/h12,14,16,18,43-44,46,48-49,51H,3-11,13,15,17,19-42H2,1-2H3,(H,47,50)/b14-12-,18-16-. The zero-order valence-electron chi connectivity index (χ0n) is 34.2. The number of rotatable bonds is 41. The smallest absolute Gasteiger partial charge is 0.220 e. The van der Waals surface area contributed by atoms with Crippen molar-refractivity contribution in [3.8, 4) is 0 Å². The Bertz CT molecular complexity index is 754. The van der Waals surface area contributed by atoms with Gasteiger partial charge in [-0.2, -0.15) is 0 Å². The summed E-state index contributed by atoms with van der Waals surface area (Å²) in [7, 11) is 0. The average molecular weight is 720 g/mol. The van der Waals surface area contributed by atoms with Crippen LogP contribution in [0.2, 0.25) is 0 Å². The minimum Gasteiger partial charge on any atom is -0.394 e. The largest absolute Gasteiger partial charge is 0.394 e. The van der Waals surface area contributed by atoms with Crippen LogP contribution in [0.25, 0.3) is 0 Å². The number of unbranched alkanes of at least 4 members (excludes halogenated alkanes) is 30. The predicted octanol–water partition coefficient (Wildman–Crippen LogP) is 13.0. The van der Waals surface area contributed by atoms with E-state index in [1.54, 1.807) is 0 Å². The Morgan fingerprint density at radius 1 is 0.490 bits per heavy atom. The quantitative estimate of drug-likeness (QED) is 0.0374. The van der Waals surface area contributed by atoms with Crippen LogP contribution < -0.4 is 5.32 Å². The Kier molecular flexibility index (Phi) is 40.6. The highest BCUT2D eigenvalue weighted by molar-refractivity contribution is 5.76. The van der Waals surface area contributed by atoms with Crippen LogP contribution >= 0.6 is 0 Å². The molecule has 5 nitrogen and oxygen atoms in total. The van der Waals surface area contributed by atoms with Crippen LogP contribution in [0.15, 0.2) is 24.3 Å². The van der Waals surface area contributed by atoms with E-state index in [2.05, 4.69) is 43.5 Å². The number of carbonyl (C=O) groups excluding carboxylic acids is 1. The Hall–Kier alpha value is -1.17. The Morgan fingerprint density at radius 3 is 1.24 bits per heavy atom. The highest BCUT2D eigenvalue weighted by Gasteiger charge is 2.26. The van der Waals surface area contributed by atoms with Crippen molar-refractivity contribution in [3.63, 3.8) is 0 Å². The first kappa shape index (κ1) is 49.8. The Labute approximate surface area is 318 Å². The van der Waals surface area contributed by atoms with Crippen LogP contribution in [-0.4, -0.2) is 46.1 Å². The molecule has 0 fully saturated rings. The summed E-state index contributed by atoms with van der Waals surface area (Å²) in [5.74, 6) is -0.155. The van der Waals surface area contributed by atoms with Crippen LogP contribution in [0.3, 0.4) is 0 Å². The second-order valence-corrected chi connectivity index (χ2v) is 15.6. The molecule has 0 aliphatic rings. The predicted molar refractivity (Wildman–Crippen MR) is 222 cm³/mol. The molecule has 0 radical (unpaired) electrons. The van der Waals surface area contributed by atoms with Crippen molar-refractivity contribution < 1.29 is 20.1 Å². The van der Waals surface area contributed by atoms with Crippen molar-refractivity contribution in [3.05, 3.63) is 24.3 Å². The van der Waals surface area contributed by atoms with Gasteiger partial charge in [0, 0.05) is 6.42 Å². The summed E-state index contributed by atoms with van der Waals surface area (Å²) in [6, 6.07) is -0.813. The molecule has 3 unspecified atom stereocenters. The monoisotopic (exact) mass is 720 g/mol. The number of carbonyl (C=O) groups is 1.